The number of carbonyl (C=O) groups excluding carboxylic acids is 2. The summed E-state index contributed by atoms with van der Waals surface area (Å²) in [5.41, 5.74) is 1.78. The van der Waals surface area contributed by atoms with Crippen LogP contribution in [0.1, 0.15) is 28.1 Å². The Kier molecular flexibility index (Phi) is 6.14. The molecule has 1 aromatic heterocycles. The van der Waals surface area contributed by atoms with E-state index in [1.807, 2.05) is 73.0 Å². The van der Waals surface area contributed by atoms with Gasteiger partial charge in [0, 0.05) is 13.1 Å². The minimum atomic E-state index is -0.241. The van der Waals surface area contributed by atoms with E-state index < -0.39 is 0 Å². The summed E-state index contributed by atoms with van der Waals surface area (Å²) in [7, 11) is 0. The first-order valence-electron chi connectivity index (χ1n) is 10.1. The van der Waals surface area contributed by atoms with E-state index in [0.717, 1.165) is 18.4 Å². The molecule has 2 heterocycles. The topological polar surface area (TPSA) is 58.6 Å². The zero-order chi connectivity index (χ0) is 20.9. The number of nitrogens with one attached hydrogen (secondary N) is 1. The molecule has 30 heavy (non-hydrogen) atoms. The largest absolute Gasteiger partial charge is 0.455 e. The van der Waals surface area contributed by atoms with E-state index in [4.69, 9.17) is 4.74 Å². The van der Waals surface area contributed by atoms with Crippen LogP contribution >= 0.6 is 11.3 Å². The Hall–Kier alpha value is -3.12. The predicted octanol–water partition coefficient (Wildman–Crippen LogP) is 5.34. The normalized spacial score (nSPS) is 16.2. The van der Waals surface area contributed by atoms with Crippen LogP contribution in [0.15, 0.2) is 66.0 Å². The van der Waals surface area contributed by atoms with Crippen molar-refractivity contribution in [2.24, 2.45) is 5.92 Å². The smallest absolute Gasteiger partial charge is 0.263 e. The lowest BCUT2D eigenvalue weighted by Gasteiger charge is -2.31. The number of anilines is 1. The highest BCUT2D eigenvalue weighted by atomic mass is 32.1. The lowest BCUT2D eigenvalue weighted by atomic mass is 9.96. The van der Waals surface area contributed by atoms with Crippen LogP contribution in [0.4, 0.5) is 5.69 Å². The van der Waals surface area contributed by atoms with Crippen LogP contribution in [0.25, 0.3) is 0 Å². The Labute approximate surface area is 180 Å². The van der Waals surface area contributed by atoms with Crippen LogP contribution in [0.5, 0.6) is 11.5 Å². The summed E-state index contributed by atoms with van der Waals surface area (Å²) in [6, 6.07) is 18.9. The van der Waals surface area contributed by atoms with Crippen LogP contribution in [0.3, 0.4) is 0 Å². The fraction of sp³-hybridized carbons (Fsp3) is 0.250. The molecule has 4 rings (SSSR count). The minimum Gasteiger partial charge on any atom is -0.455 e. The van der Waals surface area contributed by atoms with Gasteiger partial charge in [0.2, 0.25) is 5.91 Å². The van der Waals surface area contributed by atoms with Gasteiger partial charge in [-0.25, -0.2) is 0 Å². The average molecular weight is 421 g/mol. The van der Waals surface area contributed by atoms with Gasteiger partial charge in [-0.1, -0.05) is 35.9 Å². The van der Waals surface area contributed by atoms with Crippen molar-refractivity contribution in [3.63, 3.8) is 0 Å². The Morgan fingerprint density at radius 2 is 1.87 bits per heavy atom. The van der Waals surface area contributed by atoms with Crippen molar-refractivity contribution in [1.29, 1.82) is 0 Å². The molecule has 1 fully saturated rings. The Balaban J connectivity index is 1.43. The lowest BCUT2D eigenvalue weighted by Crippen LogP contribution is -2.43. The fourth-order valence-corrected chi connectivity index (χ4v) is 4.25. The summed E-state index contributed by atoms with van der Waals surface area (Å²) < 4.78 is 5.98. The SMILES string of the molecule is Cc1ccc(Oc2ccccc2NC(=O)C2CCCN(C(=O)c3cccs3)C2)cc1. The van der Waals surface area contributed by atoms with Crippen LogP contribution in [-0.4, -0.2) is 29.8 Å². The standard InChI is InChI=1S/C24H24N2O3S/c1-17-10-12-19(13-11-17)29-21-8-3-2-7-20(21)25-23(27)18-6-4-14-26(16-18)24(28)22-9-5-15-30-22/h2-3,5,7-13,15,18H,4,6,14,16H2,1H3,(H,25,27). The van der Waals surface area contributed by atoms with E-state index in [1.54, 1.807) is 4.90 Å². The van der Waals surface area contributed by atoms with E-state index in [-0.39, 0.29) is 17.7 Å². The molecule has 1 aliphatic heterocycles. The van der Waals surface area contributed by atoms with Gasteiger partial charge in [-0.2, -0.15) is 0 Å². The predicted molar refractivity (Wildman–Crippen MR) is 119 cm³/mol. The lowest BCUT2D eigenvalue weighted by molar-refractivity contribution is -0.121. The number of aryl methyl sites for hydroxylation is 1. The quantitative estimate of drug-likeness (QED) is 0.606. The van der Waals surface area contributed by atoms with Gasteiger partial charge in [0.25, 0.3) is 5.91 Å². The fourth-order valence-electron chi connectivity index (χ4n) is 3.56. The Bertz CT molecular complexity index is 1020. The number of benzene rings is 2. The molecule has 154 valence electrons. The maximum Gasteiger partial charge on any atom is 0.263 e. The molecule has 2 amide bonds. The van der Waals surface area contributed by atoms with Crippen molar-refractivity contribution >= 4 is 28.8 Å². The molecule has 1 atom stereocenters. The number of ether oxygens (including phenoxy) is 1. The second kappa shape index (κ2) is 9.13. The molecular weight excluding hydrogens is 396 g/mol. The molecule has 1 aliphatic rings. The summed E-state index contributed by atoms with van der Waals surface area (Å²) in [5.74, 6) is 0.990. The van der Waals surface area contributed by atoms with Crippen LogP contribution in [0, 0.1) is 12.8 Å². The maximum atomic E-state index is 13.0. The van der Waals surface area contributed by atoms with E-state index in [9.17, 15) is 9.59 Å². The van der Waals surface area contributed by atoms with Gasteiger partial charge in [0.05, 0.1) is 16.5 Å². The number of hydrogen-bond donors (Lipinski definition) is 1. The molecule has 1 unspecified atom stereocenters. The monoisotopic (exact) mass is 420 g/mol. The zero-order valence-electron chi connectivity index (χ0n) is 16.8. The number of thiophene rings is 1. The summed E-state index contributed by atoms with van der Waals surface area (Å²) in [5, 5.41) is 4.90. The van der Waals surface area contributed by atoms with Crippen LogP contribution in [0.2, 0.25) is 0 Å². The number of likely N-dealkylation sites (tertiary alicyclic amines) is 1. The van der Waals surface area contributed by atoms with Gasteiger partial charge >= 0.3 is 0 Å². The molecule has 2 aromatic carbocycles. The van der Waals surface area contributed by atoms with E-state index in [2.05, 4.69) is 5.32 Å². The second-order valence-electron chi connectivity index (χ2n) is 7.47. The summed E-state index contributed by atoms with van der Waals surface area (Å²) in [4.78, 5) is 28.1. The number of piperidine rings is 1. The van der Waals surface area contributed by atoms with Crippen molar-refractivity contribution < 1.29 is 14.3 Å². The summed E-state index contributed by atoms with van der Waals surface area (Å²) in [6.07, 6.45) is 1.58. The Morgan fingerprint density at radius 1 is 1.07 bits per heavy atom. The van der Waals surface area contributed by atoms with Crippen molar-refractivity contribution in [2.75, 3.05) is 18.4 Å². The number of amides is 2. The maximum absolute atomic E-state index is 13.0. The van der Waals surface area contributed by atoms with Gasteiger partial charge in [-0.05, 0) is 55.5 Å². The van der Waals surface area contributed by atoms with Crippen LogP contribution in [-0.2, 0) is 4.79 Å². The van der Waals surface area contributed by atoms with E-state index >= 15 is 0 Å². The van der Waals surface area contributed by atoms with E-state index in [1.165, 1.54) is 11.3 Å². The average Bonchev–Trinajstić information content (AvgIpc) is 3.31. The van der Waals surface area contributed by atoms with Crippen molar-refractivity contribution in [2.45, 2.75) is 19.8 Å². The van der Waals surface area contributed by atoms with Gasteiger partial charge in [-0.3, -0.25) is 9.59 Å². The highest BCUT2D eigenvalue weighted by Gasteiger charge is 2.29. The third-order valence-corrected chi connectivity index (χ3v) is 6.06. The third kappa shape index (κ3) is 4.71. The molecule has 0 saturated carbocycles. The molecule has 6 heteroatoms. The molecule has 0 radical (unpaired) electrons. The van der Waals surface area contributed by atoms with Gasteiger partial charge in [0.1, 0.15) is 5.75 Å². The first kappa shape index (κ1) is 20.2. The number of hydrogen-bond acceptors (Lipinski definition) is 4. The van der Waals surface area contributed by atoms with Crippen LogP contribution < -0.4 is 10.1 Å². The van der Waals surface area contributed by atoms with E-state index in [0.29, 0.717) is 35.2 Å². The highest BCUT2D eigenvalue weighted by Crippen LogP contribution is 2.30. The summed E-state index contributed by atoms with van der Waals surface area (Å²) >= 11 is 1.43. The Morgan fingerprint density at radius 3 is 2.63 bits per heavy atom. The first-order chi connectivity index (χ1) is 14.6. The van der Waals surface area contributed by atoms with Crippen molar-refractivity contribution in [3.05, 3.63) is 76.5 Å². The van der Waals surface area contributed by atoms with Gasteiger partial charge in [-0.15, -0.1) is 11.3 Å². The first-order valence-corrected chi connectivity index (χ1v) is 11.0. The number of para-hydroxylation sites is 2. The molecule has 5 nitrogen and oxygen atoms in total. The molecule has 3 aromatic rings. The van der Waals surface area contributed by atoms with Gasteiger partial charge < -0.3 is 15.0 Å². The molecule has 0 spiro atoms. The molecule has 1 N–H and O–H groups in total. The molecule has 0 aliphatic carbocycles. The molecule has 1 saturated heterocycles. The number of nitrogens with zero attached hydrogens (tertiary/aromatic N) is 1. The van der Waals surface area contributed by atoms with Crippen molar-refractivity contribution in [1.82, 2.24) is 4.90 Å². The highest BCUT2D eigenvalue weighted by molar-refractivity contribution is 7.12. The molecule has 0 bridgehead atoms. The van der Waals surface area contributed by atoms with Gasteiger partial charge in [0.15, 0.2) is 5.75 Å². The summed E-state index contributed by atoms with van der Waals surface area (Å²) in [6.45, 7) is 3.14. The zero-order valence-corrected chi connectivity index (χ0v) is 17.7. The van der Waals surface area contributed by atoms with Crippen molar-refractivity contribution in [3.8, 4) is 11.5 Å². The number of carbonyl (C=O) groups is 2. The molecular formula is C24H24N2O3S. The second-order valence-corrected chi connectivity index (χ2v) is 8.42. The minimum absolute atomic E-state index is 0.00519. The third-order valence-electron chi connectivity index (χ3n) is 5.21. The number of rotatable bonds is 5.